The second-order valence-corrected chi connectivity index (χ2v) is 4.37. The number of benzene rings is 1. The van der Waals surface area contributed by atoms with Crippen LogP contribution in [0.4, 0.5) is 8.78 Å². The van der Waals surface area contributed by atoms with E-state index in [4.69, 9.17) is 9.63 Å². The van der Waals surface area contributed by atoms with Crippen molar-refractivity contribution in [3.63, 3.8) is 0 Å². The molecular weight excluding hydrogens is 312 g/mol. The monoisotopic (exact) mass is 317 g/mol. The van der Waals surface area contributed by atoms with Gasteiger partial charge in [0.15, 0.2) is 0 Å². The number of halogens is 3. The second-order valence-electron chi connectivity index (χ2n) is 3.51. The fraction of sp³-hybridized carbons (Fsp3) is 0.0909. The van der Waals surface area contributed by atoms with Gasteiger partial charge >= 0.3 is 5.97 Å². The van der Waals surface area contributed by atoms with Crippen molar-refractivity contribution in [1.29, 1.82) is 0 Å². The van der Waals surface area contributed by atoms with Gasteiger partial charge in [0.25, 0.3) is 0 Å². The molecule has 1 N–H and O–H groups in total. The van der Waals surface area contributed by atoms with Gasteiger partial charge in [0, 0.05) is 5.56 Å². The molecule has 2 aromatic rings. The summed E-state index contributed by atoms with van der Waals surface area (Å²) in [5.74, 6) is -2.80. The second kappa shape index (κ2) is 4.49. The molecule has 0 aliphatic carbocycles. The average Bonchev–Trinajstić information content (AvgIpc) is 2.65. The summed E-state index contributed by atoms with van der Waals surface area (Å²) in [7, 11) is 0. The summed E-state index contributed by atoms with van der Waals surface area (Å²) in [5, 5.41) is 12.4. The van der Waals surface area contributed by atoms with Gasteiger partial charge in [-0.05, 0) is 35.0 Å². The molecule has 0 unspecified atom stereocenters. The van der Waals surface area contributed by atoms with Gasteiger partial charge in [-0.1, -0.05) is 5.16 Å². The van der Waals surface area contributed by atoms with E-state index >= 15 is 0 Å². The third-order valence-electron chi connectivity index (χ3n) is 2.34. The standard InChI is InChI=1S/C11H6BrF2NO3/c1-4-9(11(16)17)10(15-18-4)5-2-8(14)6(12)3-7(5)13/h2-3H,1H3,(H,16,17). The Morgan fingerprint density at radius 3 is 2.67 bits per heavy atom. The zero-order chi connectivity index (χ0) is 13.4. The molecule has 0 amide bonds. The first kappa shape index (κ1) is 12.7. The quantitative estimate of drug-likeness (QED) is 0.862. The summed E-state index contributed by atoms with van der Waals surface area (Å²) in [5.41, 5.74) is -0.774. The van der Waals surface area contributed by atoms with Crippen LogP contribution in [0.1, 0.15) is 16.1 Å². The molecule has 7 heteroatoms. The van der Waals surface area contributed by atoms with E-state index in [0.29, 0.717) is 0 Å². The summed E-state index contributed by atoms with van der Waals surface area (Å²) in [6.07, 6.45) is 0. The number of carboxylic acid groups (broad SMARTS) is 1. The third kappa shape index (κ3) is 2.01. The number of carbonyl (C=O) groups is 1. The van der Waals surface area contributed by atoms with E-state index in [0.717, 1.165) is 12.1 Å². The predicted molar refractivity (Wildman–Crippen MR) is 61.3 cm³/mol. The number of hydrogen-bond donors (Lipinski definition) is 1. The molecule has 0 saturated heterocycles. The highest BCUT2D eigenvalue weighted by atomic mass is 79.9. The van der Waals surface area contributed by atoms with E-state index in [1.807, 2.05) is 0 Å². The topological polar surface area (TPSA) is 63.3 Å². The number of hydrogen-bond acceptors (Lipinski definition) is 3. The molecule has 0 fully saturated rings. The van der Waals surface area contributed by atoms with E-state index in [9.17, 15) is 13.6 Å². The number of aromatic carboxylic acids is 1. The number of nitrogens with zero attached hydrogens (tertiary/aromatic N) is 1. The lowest BCUT2D eigenvalue weighted by Gasteiger charge is -2.02. The molecule has 2 rings (SSSR count). The molecule has 0 saturated carbocycles. The Bertz CT molecular complexity index is 639. The molecule has 0 bridgehead atoms. The highest BCUT2D eigenvalue weighted by molar-refractivity contribution is 9.10. The Hall–Kier alpha value is -1.76. The first-order chi connectivity index (χ1) is 8.41. The van der Waals surface area contributed by atoms with E-state index in [2.05, 4.69) is 21.1 Å². The Balaban J connectivity index is 2.70. The van der Waals surface area contributed by atoms with Crippen LogP contribution in [0.2, 0.25) is 0 Å². The van der Waals surface area contributed by atoms with Crippen molar-refractivity contribution in [2.45, 2.75) is 6.92 Å². The van der Waals surface area contributed by atoms with Crippen LogP contribution in [0.25, 0.3) is 11.3 Å². The Kier molecular flexibility index (Phi) is 3.16. The molecule has 18 heavy (non-hydrogen) atoms. The lowest BCUT2D eigenvalue weighted by molar-refractivity contribution is 0.0695. The van der Waals surface area contributed by atoms with Crippen LogP contribution in [0.15, 0.2) is 21.1 Å². The molecule has 0 atom stereocenters. The maximum Gasteiger partial charge on any atom is 0.341 e. The van der Waals surface area contributed by atoms with Crippen molar-refractivity contribution in [2.75, 3.05) is 0 Å². The van der Waals surface area contributed by atoms with Crippen LogP contribution in [-0.4, -0.2) is 16.2 Å². The van der Waals surface area contributed by atoms with Crippen molar-refractivity contribution in [1.82, 2.24) is 5.16 Å². The Morgan fingerprint density at radius 2 is 2.06 bits per heavy atom. The fourth-order valence-corrected chi connectivity index (χ4v) is 1.83. The van der Waals surface area contributed by atoms with Crippen molar-refractivity contribution in [3.05, 3.63) is 39.6 Å². The Labute approximate surface area is 108 Å². The van der Waals surface area contributed by atoms with Gasteiger partial charge in [-0.2, -0.15) is 0 Å². The largest absolute Gasteiger partial charge is 0.477 e. The average molecular weight is 318 g/mol. The Morgan fingerprint density at radius 1 is 1.39 bits per heavy atom. The van der Waals surface area contributed by atoms with Gasteiger partial charge in [0.05, 0.1) is 4.47 Å². The van der Waals surface area contributed by atoms with Crippen LogP contribution in [0, 0.1) is 18.6 Å². The fourth-order valence-electron chi connectivity index (χ4n) is 1.51. The van der Waals surface area contributed by atoms with E-state index in [1.165, 1.54) is 6.92 Å². The van der Waals surface area contributed by atoms with Gasteiger partial charge in [-0.25, -0.2) is 13.6 Å². The predicted octanol–water partition coefficient (Wildman–Crippen LogP) is 3.39. The molecule has 94 valence electrons. The number of rotatable bonds is 2. The van der Waals surface area contributed by atoms with E-state index in [1.54, 1.807) is 0 Å². The van der Waals surface area contributed by atoms with Crippen LogP contribution >= 0.6 is 15.9 Å². The lowest BCUT2D eigenvalue weighted by Crippen LogP contribution is -2.00. The third-order valence-corrected chi connectivity index (χ3v) is 2.95. The summed E-state index contributed by atoms with van der Waals surface area (Å²) in [6.45, 7) is 1.38. The van der Waals surface area contributed by atoms with Crippen LogP contribution in [0.3, 0.4) is 0 Å². The van der Waals surface area contributed by atoms with Crippen molar-refractivity contribution in [2.24, 2.45) is 0 Å². The van der Waals surface area contributed by atoms with Gasteiger partial charge in [0.1, 0.15) is 28.7 Å². The minimum atomic E-state index is -1.31. The number of aryl methyl sites for hydroxylation is 1. The highest BCUT2D eigenvalue weighted by Crippen LogP contribution is 2.30. The molecule has 0 radical (unpaired) electrons. The minimum Gasteiger partial charge on any atom is -0.477 e. The zero-order valence-electron chi connectivity index (χ0n) is 9.00. The molecular formula is C11H6BrF2NO3. The van der Waals surface area contributed by atoms with Crippen molar-refractivity contribution < 1.29 is 23.2 Å². The van der Waals surface area contributed by atoms with Crippen LogP contribution < -0.4 is 0 Å². The molecule has 0 aliphatic rings. The van der Waals surface area contributed by atoms with Crippen LogP contribution in [0.5, 0.6) is 0 Å². The van der Waals surface area contributed by atoms with Crippen molar-refractivity contribution >= 4 is 21.9 Å². The first-order valence-corrected chi connectivity index (χ1v) is 5.55. The van der Waals surface area contributed by atoms with Crippen LogP contribution in [-0.2, 0) is 0 Å². The highest BCUT2D eigenvalue weighted by Gasteiger charge is 2.24. The van der Waals surface area contributed by atoms with Gasteiger partial charge < -0.3 is 9.63 Å². The summed E-state index contributed by atoms with van der Waals surface area (Å²) in [6, 6.07) is 1.77. The maximum absolute atomic E-state index is 13.7. The summed E-state index contributed by atoms with van der Waals surface area (Å²) >= 11 is 2.83. The first-order valence-electron chi connectivity index (χ1n) is 4.76. The number of aromatic nitrogens is 1. The van der Waals surface area contributed by atoms with Gasteiger partial charge in [-0.15, -0.1) is 0 Å². The lowest BCUT2D eigenvalue weighted by atomic mass is 10.1. The molecule has 1 aromatic heterocycles. The SMILES string of the molecule is Cc1onc(-c2cc(F)c(Br)cc2F)c1C(=O)O. The smallest absolute Gasteiger partial charge is 0.341 e. The zero-order valence-corrected chi connectivity index (χ0v) is 10.6. The van der Waals surface area contributed by atoms with Gasteiger partial charge in [0.2, 0.25) is 0 Å². The minimum absolute atomic E-state index is 0.0280. The van der Waals surface area contributed by atoms with E-state index in [-0.39, 0.29) is 27.1 Å². The molecule has 1 heterocycles. The summed E-state index contributed by atoms with van der Waals surface area (Å²) < 4.78 is 31.7. The normalized spacial score (nSPS) is 10.7. The number of carboxylic acids is 1. The molecule has 4 nitrogen and oxygen atoms in total. The molecule has 0 spiro atoms. The van der Waals surface area contributed by atoms with Gasteiger partial charge in [-0.3, -0.25) is 0 Å². The van der Waals surface area contributed by atoms with E-state index < -0.39 is 17.6 Å². The molecule has 1 aromatic carbocycles. The maximum atomic E-state index is 13.7. The van der Waals surface area contributed by atoms with Crippen molar-refractivity contribution in [3.8, 4) is 11.3 Å². The molecule has 0 aliphatic heterocycles. The summed E-state index contributed by atoms with van der Waals surface area (Å²) in [4.78, 5) is 11.0.